The Morgan fingerprint density at radius 2 is 2.08 bits per heavy atom. The molecule has 10 heteroatoms. The van der Waals surface area contributed by atoms with Crippen molar-refractivity contribution in [1.29, 1.82) is 0 Å². The summed E-state index contributed by atoms with van der Waals surface area (Å²) in [6.45, 7) is 2.00. The van der Waals surface area contributed by atoms with Gasteiger partial charge in [0.1, 0.15) is 0 Å². The molecule has 2 fully saturated rings. The van der Waals surface area contributed by atoms with E-state index >= 15 is 0 Å². The number of likely N-dealkylation sites (tertiary alicyclic amines) is 1. The maximum atomic E-state index is 13.8. The van der Waals surface area contributed by atoms with Crippen molar-refractivity contribution in [2.45, 2.75) is 51.6 Å². The number of phenols is 1. The van der Waals surface area contributed by atoms with Crippen LogP contribution < -0.4 is 0 Å². The van der Waals surface area contributed by atoms with E-state index in [0.717, 1.165) is 21.6 Å². The molecule has 4 atom stereocenters. The van der Waals surface area contributed by atoms with Crippen molar-refractivity contribution >= 4 is 36.3 Å². The Kier molecular flexibility index (Phi) is 7.86. The Balaban J connectivity index is 1.38. The lowest BCUT2D eigenvalue weighted by Gasteiger charge is -2.43. The monoisotopic (exact) mass is 539 g/mol. The van der Waals surface area contributed by atoms with Crippen molar-refractivity contribution in [2.75, 3.05) is 6.61 Å². The molecule has 5 rings (SSSR count). The Bertz CT molecular complexity index is 1280. The third-order valence-electron chi connectivity index (χ3n) is 8.01. The number of allylic oxidation sites excluding steroid dienone is 1. The molecule has 0 saturated carbocycles. The Hall–Kier alpha value is -2.79. The van der Waals surface area contributed by atoms with Gasteiger partial charge in [-0.15, -0.1) is 11.3 Å². The number of carbonyl (C=O) groups excluding carboxylic acids is 2. The highest BCUT2D eigenvalue weighted by Gasteiger charge is 2.57. The third kappa shape index (κ3) is 5.10. The van der Waals surface area contributed by atoms with Crippen LogP contribution >= 0.6 is 11.3 Å². The zero-order chi connectivity index (χ0) is 27.0. The minimum absolute atomic E-state index is 0.200. The molecule has 3 N–H and O–H groups in total. The summed E-state index contributed by atoms with van der Waals surface area (Å²) >= 11 is 1.49. The van der Waals surface area contributed by atoms with Crippen LogP contribution in [-0.4, -0.2) is 51.8 Å². The van der Waals surface area contributed by atoms with Gasteiger partial charge in [0.15, 0.2) is 11.6 Å². The van der Waals surface area contributed by atoms with Gasteiger partial charge in [-0.3, -0.25) is 14.5 Å². The van der Waals surface area contributed by atoms with Crippen LogP contribution in [0.1, 0.15) is 43.0 Å². The number of aliphatic hydroxyl groups excluding tert-OH is 1. The van der Waals surface area contributed by atoms with E-state index < -0.39 is 36.6 Å². The molecule has 38 heavy (non-hydrogen) atoms. The minimum atomic E-state index is -1.08. The number of aliphatic hydroxyl groups is 1. The van der Waals surface area contributed by atoms with Crippen molar-refractivity contribution in [3.63, 3.8) is 0 Å². The Morgan fingerprint density at radius 1 is 1.26 bits per heavy atom. The molecular formula is C28H31BFNO6S. The number of phenolic OH excluding ortho intramolecular Hbond substituents is 1. The molecule has 1 aromatic carbocycles. The average Bonchev–Trinajstić information content (AvgIpc) is 3.50. The van der Waals surface area contributed by atoms with Gasteiger partial charge in [-0.2, -0.15) is 0 Å². The zero-order valence-electron chi connectivity index (χ0n) is 21.2. The topological polar surface area (TPSA) is 107 Å². The smallest absolute Gasteiger partial charge is 0.455 e. The van der Waals surface area contributed by atoms with Crippen molar-refractivity contribution in [2.24, 2.45) is 17.8 Å². The SMILES string of the molecule is CC/C(=C\c1ccc(O)c(F)c1)CC[C@H]1OB(O)C[C@H]2C1=C(CO)C[C@H]1C(=O)N(Cc3cccs3)C(=O)[C@H]12. The minimum Gasteiger partial charge on any atom is -0.505 e. The van der Waals surface area contributed by atoms with E-state index in [4.69, 9.17) is 4.65 Å². The molecule has 1 aliphatic carbocycles. The fourth-order valence-electron chi connectivity index (χ4n) is 6.21. The van der Waals surface area contributed by atoms with Crippen molar-refractivity contribution < 1.29 is 33.9 Å². The van der Waals surface area contributed by atoms with Crippen LogP contribution in [0.4, 0.5) is 4.39 Å². The standard InChI is InChI=1S/C28H31BFNO6S/c1-2-16(10-17-5-7-23(33)22(30)11-17)6-8-24-25-18(15-32)12-20-26(21(25)13-29(36)37-24)28(35)31(27(20)34)14-19-4-3-9-38-19/h3-5,7,9-11,20-21,24,26,32-33,36H,2,6,8,12-15H2,1H3/b16-10+/t20-,21+,24-,26-/m1/s1. The molecule has 0 spiro atoms. The number of hydrogen-bond donors (Lipinski definition) is 3. The number of benzene rings is 1. The molecule has 7 nitrogen and oxygen atoms in total. The summed E-state index contributed by atoms with van der Waals surface area (Å²) in [4.78, 5) is 29.1. The number of nitrogens with zero attached hydrogens (tertiary/aromatic N) is 1. The number of rotatable bonds is 8. The number of halogens is 1. The summed E-state index contributed by atoms with van der Waals surface area (Å²) in [6, 6.07) is 8.02. The van der Waals surface area contributed by atoms with Gasteiger partial charge >= 0.3 is 7.12 Å². The molecule has 3 heterocycles. The number of thiophene rings is 1. The maximum absolute atomic E-state index is 13.8. The van der Waals surface area contributed by atoms with Gasteiger partial charge in [0.05, 0.1) is 31.1 Å². The molecule has 0 unspecified atom stereocenters. The summed E-state index contributed by atoms with van der Waals surface area (Å²) in [5.74, 6) is -3.01. The number of carbonyl (C=O) groups is 2. The molecule has 2 aliphatic heterocycles. The molecule has 200 valence electrons. The summed E-state index contributed by atoms with van der Waals surface area (Å²) in [5.41, 5.74) is 3.22. The predicted molar refractivity (Wildman–Crippen MR) is 142 cm³/mol. The lowest BCUT2D eigenvalue weighted by Crippen LogP contribution is -2.46. The second-order valence-corrected chi connectivity index (χ2v) is 11.3. The Morgan fingerprint density at radius 3 is 2.76 bits per heavy atom. The average molecular weight is 539 g/mol. The van der Waals surface area contributed by atoms with Crippen molar-refractivity contribution in [3.8, 4) is 5.75 Å². The summed E-state index contributed by atoms with van der Waals surface area (Å²) in [6.07, 6.45) is 3.68. The van der Waals surface area contributed by atoms with Gasteiger partial charge in [0.2, 0.25) is 11.8 Å². The van der Waals surface area contributed by atoms with Gasteiger partial charge < -0.3 is 19.9 Å². The fraction of sp³-hybridized carbons (Fsp3) is 0.429. The van der Waals surface area contributed by atoms with Crippen LogP contribution in [0.2, 0.25) is 6.32 Å². The quantitative estimate of drug-likeness (QED) is 0.264. The maximum Gasteiger partial charge on any atom is 0.455 e. The van der Waals surface area contributed by atoms with E-state index in [9.17, 15) is 29.2 Å². The van der Waals surface area contributed by atoms with Crippen LogP contribution in [0, 0.1) is 23.6 Å². The van der Waals surface area contributed by atoms with Gasteiger partial charge in [0, 0.05) is 4.88 Å². The Labute approximate surface area is 225 Å². The van der Waals surface area contributed by atoms with Crippen LogP contribution in [0.15, 0.2) is 52.4 Å². The van der Waals surface area contributed by atoms with Crippen LogP contribution in [0.5, 0.6) is 5.75 Å². The first kappa shape index (κ1) is 26.8. The first-order valence-electron chi connectivity index (χ1n) is 13.0. The largest absolute Gasteiger partial charge is 0.505 e. The van der Waals surface area contributed by atoms with E-state index in [1.165, 1.54) is 28.4 Å². The lowest BCUT2D eigenvalue weighted by atomic mass is 9.58. The van der Waals surface area contributed by atoms with E-state index in [1.807, 2.05) is 30.5 Å². The number of amides is 2. The highest BCUT2D eigenvalue weighted by Crippen LogP contribution is 2.50. The van der Waals surface area contributed by atoms with Crippen LogP contribution in [-0.2, 0) is 20.8 Å². The molecule has 2 saturated heterocycles. The van der Waals surface area contributed by atoms with Gasteiger partial charge in [-0.25, -0.2) is 4.39 Å². The number of imide groups is 1. The first-order valence-corrected chi connectivity index (χ1v) is 13.9. The third-order valence-corrected chi connectivity index (χ3v) is 8.87. The lowest BCUT2D eigenvalue weighted by molar-refractivity contribution is -0.140. The molecule has 0 bridgehead atoms. The number of aromatic hydroxyl groups is 1. The van der Waals surface area contributed by atoms with Gasteiger partial charge in [-0.05, 0) is 78.2 Å². The van der Waals surface area contributed by atoms with E-state index in [0.29, 0.717) is 31.2 Å². The normalized spacial score (nSPS) is 25.7. The van der Waals surface area contributed by atoms with Crippen LogP contribution in [0.25, 0.3) is 6.08 Å². The summed E-state index contributed by atoms with van der Waals surface area (Å²) < 4.78 is 19.8. The summed E-state index contributed by atoms with van der Waals surface area (Å²) in [7, 11) is -1.08. The van der Waals surface area contributed by atoms with E-state index in [-0.39, 0.29) is 37.2 Å². The van der Waals surface area contributed by atoms with Gasteiger partial charge in [0.25, 0.3) is 0 Å². The highest BCUT2D eigenvalue weighted by molar-refractivity contribution is 7.09. The molecule has 1 aromatic heterocycles. The second kappa shape index (κ2) is 11.1. The second-order valence-electron chi connectivity index (χ2n) is 10.2. The predicted octanol–water partition coefficient (Wildman–Crippen LogP) is 4.16. The first-order chi connectivity index (χ1) is 18.3. The molecule has 2 aromatic rings. The van der Waals surface area contributed by atoms with Gasteiger partial charge in [-0.1, -0.05) is 30.7 Å². The number of fused-ring (bicyclic) bond motifs is 3. The molecule has 2 amide bonds. The van der Waals surface area contributed by atoms with E-state index in [1.54, 1.807) is 6.07 Å². The number of hydrogen-bond acceptors (Lipinski definition) is 7. The van der Waals surface area contributed by atoms with Crippen molar-refractivity contribution in [3.05, 3.63) is 68.7 Å². The molecule has 0 radical (unpaired) electrons. The molecule has 3 aliphatic rings. The molecular weight excluding hydrogens is 508 g/mol. The fourth-order valence-corrected chi connectivity index (χ4v) is 6.90. The van der Waals surface area contributed by atoms with Crippen LogP contribution in [0.3, 0.4) is 0 Å². The zero-order valence-corrected chi connectivity index (χ0v) is 22.0. The van der Waals surface area contributed by atoms with E-state index in [2.05, 4.69) is 0 Å². The summed E-state index contributed by atoms with van der Waals surface area (Å²) in [5, 5.41) is 32.3. The van der Waals surface area contributed by atoms with Crippen molar-refractivity contribution in [1.82, 2.24) is 4.90 Å². The highest BCUT2D eigenvalue weighted by atomic mass is 32.1.